The summed E-state index contributed by atoms with van der Waals surface area (Å²) in [6.07, 6.45) is 2.06. The monoisotopic (exact) mass is 394 g/mol. The van der Waals surface area contributed by atoms with E-state index in [-0.39, 0.29) is 17.2 Å². The van der Waals surface area contributed by atoms with Crippen LogP contribution < -0.4 is 20.2 Å². The third-order valence-corrected chi connectivity index (χ3v) is 4.13. The summed E-state index contributed by atoms with van der Waals surface area (Å²) >= 11 is 0. The molecule has 2 rings (SSSR count). The lowest BCUT2D eigenvalue weighted by atomic mass is 10.2. The number of nitrogens with zero attached hydrogens (tertiary/aromatic N) is 2. The molecular weight excluding hydrogens is 368 g/mol. The molecule has 0 aliphatic carbocycles. The summed E-state index contributed by atoms with van der Waals surface area (Å²) in [6, 6.07) is 3.03. The van der Waals surface area contributed by atoms with Gasteiger partial charge >= 0.3 is 11.8 Å². The first-order chi connectivity index (χ1) is 13.5. The summed E-state index contributed by atoms with van der Waals surface area (Å²) in [7, 11) is 2.81. The van der Waals surface area contributed by atoms with E-state index in [0.29, 0.717) is 12.1 Å². The van der Waals surface area contributed by atoms with E-state index in [9.17, 15) is 14.7 Å². The second kappa shape index (κ2) is 11.1. The van der Waals surface area contributed by atoms with Crippen molar-refractivity contribution in [3.63, 3.8) is 0 Å². The van der Waals surface area contributed by atoms with Crippen LogP contribution in [0.25, 0.3) is 0 Å². The lowest BCUT2D eigenvalue weighted by Gasteiger charge is -2.26. The molecule has 10 heteroatoms. The summed E-state index contributed by atoms with van der Waals surface area (Å²) in [6.45, 7) is 4.47. The molecule has 0 bridgehead atoms. The molecule has 1 aromatic rings. The molecule has 1 fully saturated rings. The van der Waals surface area contributed by atoms with Gasteiger partial charge in [0.25, 0.3) is 0 Å². The minimum Gasteiger partial charge on any atom is -0.502 e. The van der Waals surface area contributed by atoms with E-state index in [1.807, 2.05) is 0 Å². The van der Waals surface area contributed by atoms with Crippen LogP contribution in [0.4, 0.5) is 0 Å². The zero-order valence-corrected chi connectivity index (χ0v) is 16.1. The largest absolute Gasteiger partial charge is 0.502 e. The first-order valence-electron chi connectivity index (χ1n) is 8.91. The summed E-state index contributed by atoms with van der Waals surface area (Å²) in [5.41, 5.74) is 2.67. The Labute approximate surface area is 163 Å². The topological polar surface area (TPSA) is 122 Å². The highest BCUT2D eigenvalue weighted by molar-refractivity contribution is 6.35. The number of benzene rings is 1. The van der Waals surface area contributed by atoms with Gasteiger partial charge in [-0.3, -0.25) is 14.5 Å². The maximum Gasteiger partial charge on any atom is 0.329 e. The zero-order chi connectivity index (χ0) is 20.4. The van der Waals surface area contributed by atoms with Crippen molar-refractivity contribution in [1.29, 1.82) is 0 Å². The molecule has 28 heavy (non-hydrogen) atoms. The zero-order valence-electron chi connectivity index (χ0n) is 16.1. The number of nitrogens with one attached hydrogen (secondary N) is 2. The number of phenolic OH excluding ortho intramolecular Hbond substituents is 1. The van der Waals surface area contributed by atoms with E-state index < -0.39 is 11.8 Å². The van der Waals surface area contributed by atoms with Crippen LogP contribution in [0.1, 0.15) is 12.0 Å². The van der Waals surface area contributed by atoms with Crippen molar-refractivity contribution in [2.45, 2.75) is 6.42 Å². The van der Waals surface area contributed by atoms with Crippen LogP contribution in [0.15, 0.2) is 17.2 Å². The number of carbonyl (C=O) groups excluding carboxylic acids is 2. The molecule has 154 valence electrons. The van der Waals surface area contributed by atoms with Crippen molar-refractivity contribution in [2.24, 2.45) is 5.10 Å². The number of methoxy groups -OCH3 is 2. The Morgan fingerprint density at radius 2 is 1.86 bits per heavy atom. The van der Waals surface area contributed by atoms with Gasteiger partial charge in [0.15, 0.2) is 11.5 Å². The predicted molar refractivity (Wildman–Crippen MR) is 102 cm³/mol. The van der Waals surface area contributed by atoms with Gasteiger partial charge in [0.05, 0.1) is 33.6 Å². The van der Waals surface area contributed by atoms with E-state index in [2.05, 4.69) is 20.7 Å². The average molecular weight is 394 g/mol. The van der Waals surface area contributed by atoms with Crippen molar-refractivity contribution in [3.05, 3.63) is 17.7 Å². The fourth-order valence-electron chi connectivity index (χ4n) is 2.61. The molecule has 1 saturated heterocycles. The van der Waals surface area contributed by atoms with Gasteiger partial charge in [-0.05, 0) is 25.1 Å². The maximum absolute atomic E-state index is 11.8. The molecule has 1 heterocycles. The minimum absolute atomic E-state index is 0.136. The molecule has 0 radical (unpaired) electrons. The Hall–Kier alpha value is -2.85. The highest BCUT2D eigenvalue weighted by Gasteiger charge is 2.14. The summed E-state index contributed by atoms with van der Waals surface area (Å²) < 4.78 is 15.4. The minimum atomic E-state index is -0.861. The SMILES string of the molecule is COc1cc(/C=N/NC(=O)C(=O)NCCCN2CCOCC2)cc(OC)c1O. The molecule has 0 unspecified atom stereocenters. The highest BCUT2D eigenvalue weighted by Crippen LogP contribution is 2.36. The molecule has 0 aromatic heterocycles. The fraction of sp³-hybridized carbons (Fsp3) is 0.500. The van der Waals surface area contributed by atoms with E-state index >= 15 is 0 Å². The second-order valence-electron chi connectivity index (χ2n) is 6.04. The molecule has 2 amide bonds. The predicted octanol–water partition coefficient (Wildman–Crippen LogP) is -0.302. The van der Waals surface area contributed by atoms with Crippen molar-refractivity contribution >= 4 is 18.0 Å². The van der Waals surface area contributed by atoms with Gasteiger partial charge in [-0.15, -0.1) is 0 Å². The van der Waals surface area contributed by atoms with Crippen LogP contribution in [-0.2, 0) is 14.3 Å². The number of aromatic hydroxyl groups is 1. The summed E-state index contributed by atoms with van der Waals surface area (Å²) in [5, 5.41) is 16.2. The van der Waals surface area contributed by atoms with Crippen LogP contribution in [0.3, 0.4) is 0 Å². The number of ether oxygens (including phenoxy) is 3. The third kappa shape index (κ3) is 6.39. The quantitative estimate of drug-likeness (QED) is 0.239. The molecule has 10 nitrogen and oxygen atoms in total. The molecule has 0 atom stereocenters. The Morgan fingerprint density at radius 3 is 2.46 bits per heavy atom. The molecule has 1 aromatic carbocycles. The first kappa shape index (κ1) is 21.5. The molecular formula is C18H26N4O6. The van der Waals surface area contributed by atoms with Crippen LogP contribution in [0, 0.1) is 0 Å². The van der Waals surface area contributed by atoms with Crippen molar-refractivity contribution in [2.75, 3.05) is 53.6 Å². The summed E-state index contributed by atoms with van der Waals surface area (Å²) in [5.74, 6) is -1.35. The van der Waals surface area contributed by atoms with Crippen LogP contribution in [0.2, 0.25) is 0 Å². The highest BCUT2D eigenvalue weighted by atomic mass is 16.5. The molecule has 3 N–H and O–H groups in total. The lowest BCUT2D eigenvalue weighted by Crippen LogP contribution is -2.40. The fourth-order valence-corrected chi connectivity index (χ4v) is 2.61. The number of hydrogen-bond donors (Lipinski definition) is 3. The van der Waals surface area contributed by atoms with Gasteiger partial charge in [0.2, 0.25) is 5.75 Å². The first-order valence-corrected chi connectivity index (χ1v) is 8.91. The van der Waals surface area contributed by atoms with Gasteiger partial charge in [-0.2, -0.15) is 5.10 Å². The number of rotatable bonds is 8. The number of hydrazone groups is 1. The molecule has 1 aliphatic heterocycles. The number of morpholine rings is 1. The van der Waals surface area contributed by atoms with Crippen molar-refractivity contribution in [1.82, 2.24) is 15.6 Å². The Kier molecular flexibility index (Phi) is 8.50. The second-order valence-corrected chi connectivity index (χ2v) is 6.04. The van der Waals surface area contributed by atoms with Crippen LogP contribution in [-0.4, -0.2) is 81.6 Å². The normalized spacial score (nSPS) is 14.6. The third-order valence-electron chi connectivity index (χ3n) is 4.13. The average Bonchev–Trinajstić information content (AvgIpc) is 2.72. The van der Waals surface area contributed by atoms with Gasteiger partial charge in [-0.25, -0.2) is 5.43 Å². The van der Waals surface area contributed by atoms with Gasteiger partial charge in [0, 0.05) is 25.2 Å². The lowest BCUT2D eigenvalue weighted by molar-refractivity contribution is -0.139. The summed E-state index contributed by atoms with van der Waals surface area (Å²) in [4.78, 5) is 25.8. The van der Waals surface area contributed by atoms with Gasteiger partial charge in [0.1, 0.15) is 0 Å². The van der Waals surface area contributed by atoms with E-state index in [1.54, 1.807) is 0 Å². The maximum atomic E-state index is 11.8. The standard InChI is InChI=1S/C18H26N4O6/c1-26-14-10-13(11-15(27-2)16(14)23)12-20-21-18(25)17(24)19-4-3-5-22-6-8-28-9-7-22/h10-12,23H,3-9H2,1-2H3,(H,19,24)(H,21,25)/b20-12+. The van der Waals surface area contributed by atoms with Crippen LogP contribution in [0.5, 0.6) is 17.2 Å². The van der Waals surface area contributed by atoms with E-state index in [0.717, 1.165) is 39.3 Å². The Bertz CT molecular complexity index is 678. The smallest absolute Gasteiger partial charge is 0.329 e. The Balaban J connectivity index is 1.75. The van der Waals surface area contributed by atoms with Crippen molar-refractivity contribution < 1.29 is 28.9 Å². The molecule has 0 spiro atoms. The molecule has 1 aliphatic rings. The van der Waals surface area contributed by atoms with Crippen molar-refractivity contribution in [3.8, 4) is 17.2 Å². The number of carbonyl (C=O) groups is 2. The van der Waals surface area contributed by atoms with Crippen LogP contribution >= 0.6 is 0 Å². The van der Waals surface area contributed by atoms with Gasteiger partial charge in [-0.1, -0.05) is 0 Å². The number of amides is 2. The number of phenols is 1. The van der Waals surface area contributed by atoms with E-state index in [1.165, 1.54) is 32.6 Å². The van der Waals surface area contributed by atoms with E-state index in [4.69, 9.17) is 14.2 Å². The van der Waals surface area contributed by atoms with Gasteiger partial charge < -0.3 is 24.6 Å². The Morgan fingerprint density at radius 1 is 1.21 bits per heavy atom. The molecule has 0 saturated carbocycles. The number of hydrogen-bond acceptors (Lipinski definition) is 8.